The monoisotopic (exact) mass is 686 g/mol. The Bertz CT molecular complexity index is 1380. The third kappa shape index (κ3) is 8.33. The molecule has 0 N–H and O–H groups in total. The quantitative estimate of drug-likeness (QED) is 0.247. The second-order valence-electron chi connectivity index (χ2n) is 12.4. The Hall–Kier alpha value is -3.07. The van der Waals surface area contributed by atoms with E-state index < -0.39 is 77.3 Å². The van der Waals surface area contributed by atoms with Crippen LogP contribution in [0.1, 0.15) is 86.1 Å². The van der Waals surface area contributed by atoms with Crippen LogP contribution in [-0.2, 0) is 34.5 Å². The third-order valence-corrected chi connectivity index (χ3v) is 8.74. The lowest BCUT2D eigenvalue weighted by Gasteiger charge is -2.42. The number of hydrogen-bond acceptors (Lipinski definition) is 4. The molecule has 15 heteroatoms. The van der Waals surface area contributed by atoms with Gasteiger partial charge in [0.05, 0.1) is 29.3 Å². The van der Waals surface area contributed by atoms with E-state index in [0.29, 0.717) is 24.3 Å². The average Bonchev–Trinajstić information content (AvgIpc) is 3.24. The van der Waals surface area contributed by atoms with Gasteiger partial charge in [-0.3, -0.25) is 9.80 Å². The van der Waals surface area contributed by atoms with Gasteiger partial charge in [-0.2, -0.15) is 39.5 Å². The SMILES string of the molecule is CCOCC1(F)CCN([C@@H](c2ccc(C(F)(F)F)cc2CN2C(=O)O[C@H](c3cc(C(F)(F)F)cc(C(F)(F)F)c3)[C@@H]2C)C(C)C)CC1. The second-order valence-corrected chi connectivity index (χ2v) is 12.4. The van der Waals surface area contributed by atoms with Crippen LogP contribution in [0.3, 0.4) is 0 Å². The van der Waals surface area contributed by atoms with E-state index >= 15 is 4.39 Å². The molecule has 0 saturated carbocycles. The van der Waals surface area contributed by atoms with Crippen molar-refractivity contribution in [2.75, 3.05) is 26.3 Å². The summed E-state index contributed by atoms with van der Waals surface area (Å²) in [6.45, 7) is 7.10. The highest BCUT2D eigenvalue weighted by molar-refractivity contribution is 5.71. The molecule has 2 aliphatic rings. The minimum atomic E-state index is -5.14. The van der Waals surface area contributed by atoms with E-state index in [1.165, 1.54) is 13.0 Å². The summed E-state index contributed by atoms with van der Waals surface area (Å²) < 4.78 is 149. The van der Waals surface area contributed by atoms with Gasteiger partial charge in [0.2, 0.25) is 0 Å². The second kappa shape index (κ2) is 13.4. The largest absolute Gasteiger partial charge is 0.439 e. The number of piperidine rings is 1. The minimum Gasteiger partial charge on any atom is -0.439 e. The molecule has 3 atom stereocenters. The average molecular weight is 687 g/mol. The minimum absolute atomic E-state index is 0.0476. The van der Waals surface area contributed by atoms with Gasteiger partial charge in [-0.15, -0.1) is 0 Å². The molecule has 2 heterocycles. The molecular weight excluding hydrogens is 650 g/mol. The molecule has 4 rings (SSSR count). The van der Waals surface area contributed by atoms with Crippen LogP contribution in [0, 0.1) is 5.92 Å². The highest BCUT2D eigenvalue weighted by Gasteiger charge is 2.45. The molecule has 2 aliphatic heterocycles. The fourth-order valence-corrected chi connectivity index (χ4v) is 6.30. The van der Waals surface area contributed by atoms with Crippen LogP contribution in [0.5, 0.6) is 0 Å². The summed E-state index contributed by atoms with van der Waals surface area (Å²) in [5, 5.41) is 0. The molecule has 0 aliphatic carbocycles. The van der Waals surface area contributed by atoms with E-state index in [1.54, 1.807) is 6.92 Å². The molecule has 2 fully saturated rings. The van der Waals surface area contributed by atoms with E-state index in [0.717, 1.165) is 17.0 Å². The number of rotatable bonds is 9. The van der Waals surface area contributed by atoms with Gasteiger partial charge in [0, 0.05) is 32.3 Å². The van der Waals surface area contributed by atoms with Gasteiger partial charge in [-0.25, -0.2) is 9.18 Å². The van der Waals surface area contributed by atoms with Crippen LogP contribution in [0.25, 0.3) is 0 Å². The fourth-order valence-electron chi connectivity index (χ4n) is 6.30. The van der Waals surface area contributed by atoms with Gasteiger partial charge in [-0.05, 0) is 79.6 Å². The number of ether oxygens (including phenoxy) is 2. The molecule has 2 saturated heterocycles. The first-order chi connectivity index (χ1) is 21.6. The number of amides is 1. The lowest BCUT2D eigenvalue weighted by Crippen LogP contribution is -2.47. The summed E-state index contributed by atoms with van der Waals surface area (Å²) in [4.78, 5) is 16.0. The van der Waals surface area contributed by atoms with Crippen molar-refractivity contribution in [2.24, 2.45) is 5.92 Å². The Balaban J connectivity index is 1.70. The maximum atomic E-state index is 15.3. The molecule has 2 aromatic rings. The van der Waals surface area contributed by atoms with E-state index in [-0.39, 0.29) is 50.1 Å². The van der Waals surface area contributed by atoms with E-state index in [1.807, 2.05) is 18.7 Å². The Morgan fingerprint density at radius 1 is 0.894 bits per heavy atom. The maximum absolute atomic E-state index is 15.3. The molecule has 0 aromatic heterocycles. The number of cyclic esters (lactones) is 1. The van der Waals surface area contributed by atoms with Gasteiger partial charge in [0.1, 0.15) is 11.8 Å². The molecule has 1 amide bonds. The zero-order chi connectivity index (χ0) is 35.1. The van der Waals surface area contributed by atoms with Crippen molar-refractivity contribution in [3.8, 4) is 0 Å². The summed E-state index contributed by atoms with van der Waals surface area (Å²) in [6, 6.07) is 2.29. The molecule has 0 bridgehead atoms. The zero-order valence-electron chi connectivity index (χ0n) is 26.1. The van der Waals surface area contributed by atoms with Crippen molar-refractivity contribution in [1.29, 1.82) is 0 Å². The Labute approximate surface area is 265 Å². The number of halogens is 10. The van der Waals surface area contributed by atoms with Crippen LogP contribution in [-0.4, -0.2) is 53.9 Å². The molecule has 0 unspecified atom stereocenters. The molecular formula is C32H36F10N2O3. The molecule has 2 aromatic carbocycles. The van der Waals surface area contributed by atoms with Gasteiger partial charge in [-0.1, -0.05) is 19.9 Å². The summed E-state index contributed by atoms with van der Waals surface area (Å²) in [5.74, 6) is -0.189. The number of hydrogen-bond donors (Lipinski definition) is 0. The number of nitrogens with zero attached hydrogens (tertiary/aromatic N) is 2. The Kier molecular flexibility index (Phi) is 10.5. The topological polar surface area (TPSA) is 42.0 Å². The van der Waals surface area contributed by atoms with Gasteiger partial charge in [0.25, 0.3) is 0 Å². The first-order valence-corrected chi connectivity index (χ1v) is 15.1. The predicted octanol–water partition coefficient (Wildman–Crippen LogP) is 9.36. The fraction of sp³-hybridized carbons (Fsp3) is 0.594. The van der Waals surface area contributed by atoms with Crippen molar-refractivity contribution in [3.63, 3.8) is 0 Å². The lowest BCUT2D eigenvalue weighted by molar-refractivity contribution is -0.143. The van der Waals surface area contributed by atoms with Gasteiger partial charge in [0.15, 0.2) is 0 Å². The van der Waals surface area contributed by atoms with E-state index in [2.05, 4.69) is 0 Å². The number of carbonyl (C=O) groups is 1. The first-order valence-electron chi connectivity index (χ1n) is 15.1. The van der Waals surface area contributed by atoms with Crippen LogP contribution < -0.4 is 0 Å². The number of likely N-dealkylation sites (tertiary alicyclic amines) is 1. The van der Waals surface area contributed by atoms with E-state index in [4.69, 9.17) is 9.47 Å². The summed E-state index contributed by atoms with van der Waals surface area (Å²) in [7, 11) is 0. The highest BCUT2D eigenvalue weighted by atomic mass is 19.4. The van der Waals surface area contributed by atoms with Crippen molar-refractivity contribution < 1.29 is 58.2 Å². The third-order valence-electron chi connectivity index (χ3n) is 8.74. The normalized spacial score (nSPS) is 21.8. The Morgan fingerprint density at radius 3 is 1.94 bits per heavy atom. The number of carbonyl (C=O) groups excluding carboxylic acids is 1. The van der Waals surface area contributed by atoms with Crippen molar-refractivity contribution in [2.45, 2.75) is 89.5 Å². The molecule has 47 heavy (non-hydrogen) atoms. The first kappa shape index (κ1) is 36.8. The van der Waals surface area contributed by atoms with Crippen molar-refractivity contribution >= 4 is 6.09 Å². The van der Waals surface area contributed by atoms with Crippen molar-refractivity contribution in [1.82, 2.24) is 9.80 Å². The smallest absolute Gasteiger partial charge is 0.416 e. The summed E-state index contributed by atoms with van der Waals surface area (Å²) in [5.41, 5.74) is -5.83. The van der Waals surface area contributed by atoms with Crippen LogP contribution in [0.2, 0.25) is 0 Å². The van der Waals surface area contributed by atoms with Gasteiger partial charge < -0.3 is 9.47 Å². The zero-order valence-corrected chi connectivity index (χ0v) is 26.1. The van der Waals surface area contributed by atoms with Crippen LogP contribution >= 0.6 is 0 Å². The standard InChI is InChI=1S/C32H36F10N2O3/c1-5-46-17-29(33)8-10-43(11-9-29)26(18(2)3)25-7-6-22(30(34,35)36)14-21(25)16-44-19(4)27(47-28(44)45)20-12-23(31(37,38)39)15-24(13-20)32(40,41)42/h6-7,12-15,18-19,26-27H,5,8-11,16-17H2,1-4H3/t19-,26+,27-/m0/s1. The highest BCUT2D eigenvalue weighted by Crippen LogP contribution is 2.43. The van der Waals surface area contributed by atoms with Gasteiger partial charge >= 0.3 is 24.6 Å². The van der Waals surface area contributed by atoms with Crippen LogP contribution in [0.4, 0.5) is 48.7 Å². The molecule has 262 valence electrons. The van der Waals surface area contributed by atoms with Crippen LogP contribution in [0.15, 0.2) is 36.4 Å². The number of alkyl halides is 10. The van der Waals surface area contributed by atoms with E-state index in [9.17, 15) is 44.3 Å². The number of benzene rings is 2. The summed E-state index contributed by atoms with van der Waals surface area (Å²) in [6.07, 6.45) is -17.5. The maximum Gasteiger partial charge on any atom is 0.416 e. The predicted molar refractivity (Wildman–Crippen MR) is 151 cm³/mol. The molecule has 0 radical (unpaired) electrons. The Morgan fingerprint density at radius 2 is 1.45 bits per heavy atom. The molecule has 5 nitrogen and oxygen atoms in total. The summed E-state index contributed by atoms with van der Waals surface area (Å²) >= 11 is 0. The van der Waals surface area contributed by atoms with Crippen molar-refractivity contribution in [3.05, 3.63) is 69.8 Å². The molecule has 0 spiro atoms. The lowest BCUT2D eigenvalue weighted by atomic mass is 9.86.